The number of hydrogen-bond donors (Lipinski definition) is 1. The molecule has 1 rings (SSSR count). The second kappa shape index (κ2) is 4.77. The molecule has 0 radical (unpaired) electrons. The summed E-state index contributed by atoms with van der Waals surface area (Å²) in [5.74, 6) is -0.295. The molecule has 74 valence electrons. The Morgan fingerprint density at radius 3 is 2.57 bits per heavy atom. The van der Waals surface area contributed by atoms with E-state index in [2.05, 4.69) is 10.5 Å². The van der Waals surface area contributed by atoms with Crippen molar-refractivity contribution in [3.05, 3.63) is 34.9 Å². The molecule has 0 spiro atoms. The van der Waals surface area contributed by atoms with Crippen molar-refractivity contribution in [2.24, 2.45) is 5.10 Å². The quantitative estimate of drug-likeness (QED) is 0.591. The Bertz CT molecular complexity index is 370. The van der Waals surface area contributed by atoms with Crippen LogP contribution in [0.5, 0.6) is 0 Å². The Labute approximate surface area is 87.8 Å². The molecule has 14 heavy (non-hydrogen) atoms. The first-order chi connectivity index (χ1) is 6.61. The molecule has 0 aliphatic heterocycles. The molecule has 0 aliphatic carbocycles. The second-order valence-corrected chi connectivity index (χ2v) is 3.39. The Balaban J connectivity index is 2.80. The van der Waals surface area contributed by atoms with Crippen molar-refractivity contribution in [1.82, 2.24) is 5.43 Å². The minimum atomic E-state index is -0.295. The summed E-state index contributed by atoms with van der Waals surface area (Å²) in [4.78, 5) is 11.5. The normalized spacial score (nSPS) is 9.36. The van der Waals surface area contributed by atoms with Crippen LogP contribution in [0.1, 0.15) is 24.2 Å². The number of nitrogens with one attached hydrogen (secondary N) is 1. The number of hydrazone groups is 1. The van der Waals surface area contributed by atoms with Gasteiger partial charge in [0, 0.05) is 5.71 Å². The van der Waals surface area contributed by atoms with Crippen LogP contribution in [0, 0.1) is 0 Å². The van der Waals surface area contributed by atoms with Crippen LogP contribution in [-0.2, 0) is 0 Å². The average molecular weight is 211 g/mol. The summed E-state index contributed by atoms with van der Waals surface area (Å²) in [6, 6.07) is 6.84. The summed E-state index contributed by atoms with van der Waals surface area (Å²) in [7, 11) is 0. The molecule has 0 atom stereocenters. The second-order valence-electron chi connectivity index (χ2n) is 2.98. The predicted molar refractivity (Wildman–Crippen MR) is 57.7 cm³/mol. The van der Waals surface area contributed by atoms with Crippen LogP contribution in [0.25, 0.3) is 0 Å². The van der Waals surface area contributed by atoms with Crippen molar-refractivity contribution in [2.45, 2.75) is 13.8 Å². The van der Waals surface area contributed by atoms with Gasteiger partial charge in [-0.2, -0.15) is 5.10 Å². The van der Waals surface area contributed by atoms with Crippen LogP contribution in [0.4, 0.5) is 0 Å². The first-order valence-electron chi connectivity index (χ1n) is 4.17. The minimum absolute atomic E-state index is 0.295. The highest BCUT2D eigenvalue weighted by Gasteiger charge is 2.07. The topological polar surface area (TPSA) is 41.5 Å². The van der Waals surface area contributed by atoms with Crippen molar-refractivity contribution in [2.75, 3.05) is 0 Å². The summed E-state index contributed by atoms with van der Waals surface area (Å²) in [5, 5.41) is 4.23. The molecule has 0 bridgehead atoms. The van der Waals surface area contributed by atoms with Crippen LogP contribution in [-0.4, -0.2) is 11.6 Å². The number of benzene rings is 1. The lowest BCUT2D eigenvalue weighted by Crippen LogP contribution is -2.18. The zero-order valence-electron chi connectivity index (χ0n) is 8.04. The van der Waals surface area contributed by atoms with Gasteiger partial charge in [-0.3, -0.25) is 4.79 Å². The first kappa shape index (κ1) is 10.7. The van der Waals surface area contributed by atoms with E-state index < -0.39 is 0 Å². The molecule has 4 heteroatoms. The van der Waals surface area contributed by atoms with E-state index in [0.717, 1.165) is 5.71 Å². The molecule has 0 aliphatic rings. The van der Waals surface area contributed by atoms with Crippen LogP contribution >= 0.6 is 11.6 Å². The molecule has 0 fully saturated rings. The van der Waals surface area contributed by atoms with Gasteiger partial charge in [0.15, 0.2) is 0 Å². The highest BCUT2D eigenvalue weighted by atomic mass is 35.5. The van der Waals surface area contributed by atoms with Crippen molar-refractivity contribution in [3.8, 4) is 0 Å². The summed E-state index contributed by atoms with van der Waals surface area (Å²) in [6.45, 7) is 3.60. The first-order valence-corrected chi connectivity index (χ1v) is 4.55. The maximum atomic E-state index is 11.5. The molecule has 0 aromatic heterocycles. The number of amides is 1. The van der Waals surface area contributed by atoms with Crippen LogP contribution in [0.3, 0.4) is 0 Å². The van der Waals surface area contributed by atoms with Gasteiger partial charge in [-0.1, -0.05) is 23.7 Å². The Hall–Kier alpha value is -1.35. The molecule has 1 aromatic carbocycles. The predicted octanol–water partition coefficient (Wildman–Crippen LogP) is 2.47. The van der Waals surface area contributed by atoms with E-state index in [0.29, 0.717) is 10.6 Å². The Kier molecular flexibility index (Phi) is 3.65. The highest BCUT2D eigenvalue weighted by molar-refractivity contribution is 6.33. The van der Waals surface area contributed by atoms with Gasteiger partial charge in [0.1, 0.15) is 0 Å². The number of carbonyl (C=O) groups excluding carboxylic acids is 1. The largest absolute Gasteiger partial charge is 0.272 e. The van der Waals surface area contributed by atoms with E-state index in [1.165, 1.54) is 0 Å². The maximum Gasteiger partial charge on any atom is 0.272 e. The molecule has 0 saturated heterocycles. The molecule has 3 nitrogen and oxygen atoms in total. The molecule has 0 saturated carbocycles. The van der Waals surface area contributed by atoms with Gasteiger partial charge < -0.3 is 0 Å². The van der Waals surface area contributed by atoms with Crippen LogP contribution in [0.15, 0.2) is 29.4 Å². The Morgan fingerprint density at radius 2 is 2.00 bits per heavy atom. The third kappa shape index (κ3) is 2.85. The lowest BCUT2D eigenvalue weighted by atomic mass is 10.2. The van der Waals surface area contributed by atoms with Gasteiger partial charge in [-0.25, -0.2) is 5.43 Å². The van der Waals surface area contributed by atoms with E-state index >= 15 is 0 Å². The molecule has 1 amide bonds. The Morgan fingerprint density at radius 1 is 1.36 bits per heavy atom. The zero-order valence-corrected chi connectivity index (χ0v) is 8.80. The SMILES string of the molecule is CC(C)=NNC(=O)c1ccccc1Cl. The van der Waals surface area contributed by atoms with Gasteiger partial charge in [0.25, 0.3) is 5.91 Å². The molecule has 1 N–H and O–H groups in total. The third-order valence-corrected chi connectivity index (χ3v) is 1.83. The highest BCUT2D eigenvalue weighted by Crippen LogP contribution is 2.14. The van der Waals surface area contributed by atoms with E-state index in [-0.39, 0.29) is 5.91 Å². The van der Waals surface area contributed by atoms with E-state index in [4.69, 9.17) is 11.6 Å². The number of halogens is 1. The summed E-state index contributed by atoms with van der Waals surface area (Å²) >= 11 is 5.83. The summed E-state index contributed by atoms with van der Waals surface area (Å²) in [6.07, 6.45) is 0. The smallest absolute Gasteiger partial charge is 0.267 e. The monoisotopic (exact) mass is 210 g/mol. The third-order valence-electron chi connectivity index (χ3n) is 1.50. The zero-order chi connectivity index (χ0) is 10.6. The summed E-state index contributed by atoms with van der Waals surface area (Å²) in [5.41, 5.74) is 3.62. The van der Waals surface area contributed by atoms with Gasteiger partial charge >= 0.3 is 0 Å². The number of hydrogen-bond acceptors (Lipinski definition) is 2. The summed E-state index contributed by atoms with van der Waals surface area (Å²) < 4.78 is 0. The van der Waals surface area contributed by atoms with Crippen molar-refractivity contribution >= 4 is 23.2 Å². The fraction of sp³-hybridized carbons (Fsp3) is 0.200. The average Bonchev–Trinajstić information content (AvgIpc) is 2.15. The van der Waals surface area contributed by atoms with Gasteiger partial charge in [-0.05, 0) is 26.0 Å². The molecular weight excluding hydrogens is 200 g/mol. The molecule has 0 unspecified atom stereocenters. The lowest BCUT2D eigenvalue weighted by molar-refractivity contribution is 0.0955. The van der Waals surface area contributed by atoms with E-state index in [9.17, 15) is 4.79 Å². The number of nitrogens with zero attached hydrogens (tertiary/aromatic N) is 1. The van der Waals surface area contributed by atoms with Crippen molar-refractivity contribution < 1.29 is 4.79 Å². The molecule has 0 heterocycles. The molecule has 1 aromatic rings. The minimum Gasteiger partial charge on any atom is -0.267 e. The van der Waals surface area contributed by atoms with Gasteiger partial charge in [-0.15, -0.1) is 0 Å². The van der Waals surface area contributed by atoms with Gasteiger partial charge in [0.2, 0.25) is 0 Å². The molecular formula is C10H11ClN2O. The van der Waals surface area contributed by atoms with Crippen LogP contribution in [0.2, 0.25) is 5.02 Å². The lowest BCUT2D eigenvalue weighted by Gasteiger charge is -2.01. The maximum absolute atomic E-state index is 11.5. The number of rotatable bonds is 2. The fourth-order valence-corrected chi connectivity index (χ4v) is 1.09. The fourth-order valence-electron chi connectivity index (χ4n) is 0.868. The van der Waals surface area contributed by atoms with Crippen molar-refractivity contribution in [3.63, 3.8) is 0 Å². The van der Waals surface area contributed by atoms with E-state index in [1.807, 2.05) is 0 Å². The standard InChI is InChI=1S/C10H11ClN2O/c1-7(2)12-13-10(14)8-5-3-4-6-9(8)11/h3-6H,1-2H3,(H,13,14). The van der Waals surface area contributed by atoms with Gasteiger partial charge in [0.05, 0.1) is 10.6 Å². The van der Waals surface area contributed by atoms with Crippen molar-refractivity contribution in [1.29, 1.82) is 0 Å². The van der Waals surface area contributed by atoms with Crippen LogP contribution < -0.4 is 5.43 Å². The van der Waals surface area contributed by atoms with E-state index in [1.54, 1.807) is 38.1 Å². The number of carbonyl (C=O) groups is 1.